The number of aryl methyl sites for hydroxylation is 2. The van der Waals surface area contributed by atoms with E-state index in [0.717, 1.165) is 25.1 Å². The van der Waals surface area contributed by atoms with Gasteiger partial charge in [-0.3, -0.25) is 4.79 Å². The summed E-state index contributed by atoms with van der Waals surface area (Å²) in [5, 5.41) is 3.25. The SMILES string of the molecule is CCCCN(C)C(=O)CNc1c(C)cccc1C. The van der Waals surface area contributed by atoms with Gasteiger partial charge in [0.05, 0.1) is 6.54 Å². The number of unbranched alkanes of at least 4 members (excludes halogenated alkanes) is 1. The molecule has 0 aliphatic heterocycles. The number of nitrogens with one attached hydrogen (secondary N) is 1. The van der Waals surface area contributed by atoms with Crippen molar-refractivity contribution in [2.24, 2.45) is 0 Å². The Balaban J connectivity index is 2.52. The smallest absolute Gasteiger partial charge is 0.241 e. The van der Waals surface area contributed by atoms with E-state index in [9.17, 15) is 4.79 Å². The number of carbonyl (C=O) groups excluding carboxylic acids is 1. The molecule has 0 aliphatic carbocycles. The number of anilines is 1. The van der Waals surface area contributed by atoms with Gasteiger partial charge in [-0.2, -0.15) is 0 Å². The topological polar surface area (TPSA) is 32.3 Å². The average Bonchev–Trinajstić information content (AvgIpc) is 2.35. The van der Waals surface area contributed by atoms with Crippen molar-refractivity contribution in [2.75, 3.05) is 25.5 Å². The molecule has 3 heteroatoms. The molecule has 0 aliphatic rings. The predicted molar refractivity (Wildman–Crippen MR) is 77.0 cm³/mol. The molecule has 0 heterocycles. The molecule has 0 atom stereocenters. The molecule has 18 heavy (non-hydrogen) atoms. The van der Waals surface area contributed by atoms with Crippen LogP contribution in [0, 0.1) is 13.8 Å². The van der Waals surface area contributed by atoms with Gasteiger partial charge in [-0.25, -0.2) is 0 Å². The van der Waals surface area contributed by atoms with Gasteiger partial charge in [0.1, 0.15) is 0 Å². The number of likely N-dealkylation sites (N-methyl/N-ethyl adjacent to an activating group) is 1. The number of hydrogen-bond donors (Lipinski definition) is 1. The maximum atomic E-state index is 11.9. The zero-order valence-electron chi connectivity index (χ0n) is 11.9. The highest BCUT2D eigenvalue weighted by Crippen LogP contribution is 2.18. The van der Waals surface area contributed by atoms with Crippen LogP contribution in [-0.4, -0.2) is 30.9 Å². The monoisotopic (exact) mass is 248 g/mol. The largest absolute Gasteiger partial charge is 0.376 e. The van der Waals surface area contributed by atoms with Gasteiger partial charge in [0.25, 0.3) is 0 Å². The third-order valence-corrected chi connectivity index (χ3v) is 3.17. The lowest BCUT2D eigenvalue weighted by Crippen LogP contribution is -2.33. The summed E-state index contributed by atoms with van der Waals surface area (Å²) in [4.78, 5) is 13.7. The second-order valence-corrected chi connectivity index (χ2v) is 4.79. The van der Waals surface area contributed by atoms with Gasteiger partial charge in [-0.15, -0.1) is 0 Å². The number of hydrogen-bond acceptors (Lipinski definition) is 2. The molecule has 0 saturated heterocycles. The number of carbonyl (C=O) groups is 1. The molecule has 1 aromatic carbocycles. The fourth-order valence-corrected chi connectivity index (χ4v) is 1.91. The van der Waals surface area contributed by atoms with Crippen molar-refractivity contribution >= 4 is 11.6 Å². The summed E-state index contributed by atoms with van der Waals surface area (Å²) in [6.07, 6.45) is 2.17. The summed E-state index contributed by atoms with van der Waals surface area (Å²) in [7, 11) is 1.87. The first kappa shape index (κ1) is 14.6. The first-order valence-corrected chi connectivity index (χ1v) is 6.60. The third kappa shape index (κ3) is 4.06. The van der Waals surface area contributed by atoms with Gasteiger partial charge < -0.3 is 10.2 Å². The van der Waals surface area contributed by atoms with Crippen LogP contribution in [0.25, 0.3) is 0 Å². The van der Waals surface area contributed by atoms with Crippen molar-refractivity contribution in [3.8, 4) is 0 Å². The van der Waals surface area contributed by atoms with Crippen LogP contribution < -0.4 is 5.32 Å². The first-order valence-electron chi connectivity index (χ1n) is 6.60. The second-order valence-electron chi connectivity index (χ2n) is 4.79. The van der Waals surface area contributed by atoms with Gasteiger partial charge >= 0.3 is 0 Å². The van der Waals surface area contributed by atoms with Crippen LogP contribution >= 0.6 is 0 Å². The summed E-state index contributed by atoms with van der Waals surface area (Å²) in [5.74, 6) is 0.145. The molecule has 0 fully saturated rings. The highest BCUT2D eigenvalue weighted by Gasteiger charge is 2.09. The summed E-state index contributed by atoms with van der Waals surface area (Å²) < 4.78 is 0. The molecule has 1 N–H and O–H groups in total. The number of para-hydroxylation sites is 1. The Morgan fingerprint density at radius 2 is 1.89 bits per heavy atom. The molecule has 100 valence electrons. The van der Waals surface area contributed by atoms with Gasteiger partial charge in [0.15, 0.2) is 0 Å². The molecule has 0 aromatic heterocycles. The Morgan fingerprint density at radius 3 is 2.44 bits per heavy atom. The Bertz CT molecular complexity index is 381. The summed E-state index contributed by atoms with van der Waals surface area (Å²) in [6.45, 7) is 7.45. The van der Waals surface area contributed by atoms with E-state index < -0.39 is 0 Å². The number of rotatable bonds is 6. The van der Waals surface area contributed by atoms with Crippen LogP contribution in [-0.2, 0) is 4.79 Å². The van der Waals surface area contributed by atoms with Crippen LogP contribution in [0.5, 0.6) is 0 Å². The standard InChI is InChI=1S/C15H24N2O/c1-5-6-10-17(4)14(18)11-16-15-12(2)8-7-9-13(15)3/h7-9,16H,5-6,10-11H2,1-4H3. The molecular formula is C15H24N2O. The minimum Gasteiger partial charge on any atom is -0.376 e. The molecule has 0 saturated carbocycles. The lowest BCUT2D eigenvalue weighted by molar-refractivity contribution is -0.128. The summed E-state index contributed by atoms with van der Waals surface area (Å²) >= 11 is 0. The van der Waals surface area contributed by atoms with Crippen LogP contribution in [0.4, 0.5) is 5.69 Å². The fraction of sp³-hybridized carbons (Fsp3) is 0.533. The van der Waals surface area contributed by atoms with E-state index in [2.05, 4.69) is 38.2 Å². The minimum absolute atomic E-state index is 0.145. The fourth-order valence-electron chi connectivity index (χ4n) is 1.91. The maximum Gasteiger partial charge on any atom is 0.241 e. The molecule has 0 bridgehead atoms. The van der Waals surface area contributed by atoms with Crippen LogP contribution in [0.15, 0.2) is 18.2 Å². The highest BCUT2D eigenvalue weighted by atomic mass is 16.2. The number of benzene rings is 1. The molecule has 1 amide bonds. The van der Waals surface area contributed by atoms with Gasteiger partial charge in [-0.1, -0.05) is 31.5 Å². The molecule has 0 unspecified atom stereocenters. The number of nitrogens with zero attached hydrogens (tertiary/aromatic N) is 1. The normalized spacial score (nSPS) is 10.2. The van der Waals surface area contributed by atoms with Gasteiger partial charge in [0, 0.05) is 19.3 Å². The van der Waals surface area contributed by atoms with Crippen LogP contribution in [0.1, 0.15) is 30.9 Å². The average molecular weight is 248 g/mol. The summed E-state index contributed by atoms with van der Waals surface area (Å²) in [6, 6.07) is 6.15. The third-order valence-electron chi connectivity index (χ3n) is 3.17. The van der Waals surface area contributed by atoms with Crippen molar-refractivity contribution in [1.29, 1.82) is 0 Å². The minimum atomic E-state index is 0.145. The second kappa shape index (κ2) is 7.04. The number of amides is 1. The molecule has 0 radical (unpaired) electrons. The zero-order chi connectivity index (χ0) is 13.5. The predicted octanol–water partition coefficient (Wildman–Crippen LogP) is 2.97. The lowest BCUT2D eigenvalue weighted by atomic mass is 10.1. The van der Waals surface area contributed by atoms with E-state index in [-0.39, 0.29) is 5.91 Å². The molecule has 1 aromatic rings. The van der Waals surface area contributed by atoms with Gasteiger partial charge in [-0.05, 0) is 31.4 Å². The Kier molecular flexibility index (Phi) is 5.69. The molecule has 3 nitrogen and oxygen atoms in total. The highest BCUT2D eigenvalue weighted by molar-refractivity contribution is 5.81. The van der Waals surface area contributed by atoms with E-state index in [1.807, 2.05) is 13.1 Å². The quantitative estimate of drug-likeness (QED) is 0.839. The Morgan fingerprint density at radius 1 is 1.28 bits per heavy atom. The molecular weight excluding hydrogens is 224 g/mol. The van der Waals surface area contributed by atoms with E-state index >= 15 is 0 Å². The van der Waals surface area contributed by atoms with E-state index in [1.54, 1.807) is 4.90 Å². The Labute approximate surface area is 110 Å². The van der Waals surface area contributed by atoms with Gasteiger partial charge in [0.2, 0.25) is 5.91 Å². The van der Waals surface area contributed by atoms with E-state index in [1.165, 1.54) is 11.1 Å². The van der Waals surface area contributed by atoms with Crippen LogP contribution in [0.3, 0.4) is 0 Å². The van der Waals surface area contributed by atoms with Crippen molar-refractivity contribution in [3.05, 3.63) is 29.3 Å². The molecule has 1 rings (SSSR count). The summed E-state index contributed by atoms with van der Waals surface area (Å²) in [5.41, 5.74) is 3.44. The zero-order valence-corrected chi connectivity index (χ0v) is 11.9. The first-order chi connectivity index (χ1) is 8.56. The van der Waals surface area contributed by atoms with Crippen molar-refractivity contribution in [3.63, 3.8) is 0 Å². The Hall–Kier alpha value is -1.51. The molecule has 0 spiro atoms. The van der Waals surface area contributed by atoms with Crippen LogP contribution in [0.2, 0.25) is 0 Å². The van der Waals surface area contributed by atoms with E-state index in [0.29, 0.717) is 6.54 Å². The van der Waals surface area contributed by atoms with Crippen molar-refractivity contribution in [2.45, 2.75) is 33.6 Å². The van der Waals surface area contributed by atoms with Crippen molar-refractivity contribution in [1.82, 2.24) is 4.90 Å². The van der Waals surface area contributed by atoms with Crippen molar-refractivity contribution < 1.29 is 4.79 Å². The lowest BCUT2D eigenvalue weighted by Gasteiger charge is -2.18. The maximum absolute atomic E-state index is 11.9. The van der Waals surface area contributed by atoms with E-state index in [4.69, 9.17) is 0 Å².